The van der Waals surface area contributed by atoms with Crippen LogP contribution in [0.25, 0.3) is 0 Å². The van der Waals surface area contributed by atoms with Gasteiger partial charge in [-0.3, -0.25) is 14.5 Å². The molecule has 11 heteroatoms. The van der Waals surface area contributed by atoms with E-state index >= 15 is 0 Å². The zero-order valence-electron chi connectivity index (χ0n) is 22.6. The Hall–Kier alpha value is -4.51. The van der Waals surface area contributed by atoms with Crippen LogP contribution in [0.1, 0.15) is 36.2 Å². The highest BCUT2D eigenvalue weighted by Crippen LogP contribution is 2.35. The average Bonchev–Trinajstić information content (AvgIpc) is 3.44. The van der Waals surface area contributed by atoms with Gasteiger partial charge in [-0.05, 0) is 80.1 Å². The van der Waals surface area contributed by atoms with Gasteiger partial charge in [0.1, 0.15) is 11.0 Å². The summed E-state index contributed by atoms with van der Waals surface area (Å²) in [6, 6.07) is 19.1. The molecule has 0 aliphatic carbocycles. The largest absolute Gasteiger partial charge is 0.494 e. The maximum absolute atomic E-state index is 13.5. The Morgan fingerprint density at radius 1 is 1.00 bits per heavy atom. The highest BCUT2D eigenvalue weighted by atomic mass is 32.2. The molecule has 1 unspecified atom stereocenters. The van der Waals surface area contributed by atoms with E-state index in [1.54, 1.807) is 66.4 Å². The highest BCUT2D eigenvalue weighted by Gasteiger charge is 2.36. The van der Waals surface area contributed by atoms with Crippen molar-refractivity contribution in [3.8, 4) is 17.2 Å². The molecule has 0 spiro atoms. The van der Waals surface area contributed by atoms with Gasteiger partial charge in [0.25, 0.3) is 0 Å². The predicted octanol–water partition coefficient (Wildman–Crippen LogP) is 5.15. The molecule has 10 nitrogen and oxygen atoms in total. The Balaban J connectivity index is 1.38. The maximum Gasteiger partial charge on any atom is 0.338 e. The lowest BCUT2D eigenvalue weighted by Crippen LogP contribution is -2.44. The number of nitrogens with one attached hydrogen (secondary N) is 1. The fraction of sp³-hybridized carbons (Fsp3) is 0.267. The molecule has 2 aliphatic heterocycles. The molecule has 0 aromatic heterocycles. The van der Waals surface area contributed by atoms with Gasteiger partial charge in [0, 0.05) is 12.1 Å². The van der Waals surface area contributed by atoms with E-state index in [1.807, 2.05) is 19.1 Å². The van der Waals surface area contributed by atoms with Crippen molar-refractivity contribution in [2.45, 2.75) is 32.1 Å². The first-order valence-electron chi connectivity index (χ1n) is 13.2. The normalized spacial score (nSPS) is 16.9. The molecular weight excluding hydrogens is 546 g/mol. The lowest BCUT2D eigenvalue weighted by atomic mass is 10.1. The molecule has 212 valence electrons. The number of hydrogen-bond donors (Lipinski definition) is 1. The van der Waals surface area contributed by atoms with E-state index in [0.29, 0.717) is 46.0 Å². The quantitative estimate of drug-likeness (QED) is 0.348. The number of hydrogen-bond acceptors (Lipinski definition) is 9. The van der Waals surface area contributed by atoms with Crippen LogP contribution in [0.4, 0.5) is 11.4 Å². The topological polar surface area (TPSA) is 116 Å². The van der Waals surface area contributed by atoms with E-state index < -0.39 is 11.2 Å². The van der Waals surface area contributed by atoms with Gasteiger partial charge < -0.3 is 24.3 Å². The van der Waals surface area contributed by atoms with Gasteiger partial charge in [-0.2, -0.15) is 0 Å². The molecule has 3 aromatic rings. The van der Waals surface area contributed by atoms with Crippen molar-refractivity contribution in [1.82, 2.24) is 4.90 Å². The van der Waals surface area contributed by atoms with Gasteiger partial charge in [0.15, 0.2) is 16.7 Å². The van der Waals surface area contributed by atoms with Crippen LogP contribution in [0.2, 0.25) is 0 Å². The van der Waals surface area contributed by atoms with Gasteiger partial charge in [0.05, 0.1) is 31.0 Å². The van der Waals surface area contributed by atoms with Crippen LogP contribution in [0, 0.1) is 0 Å². The van der Waals surface area contributed by atoms with E-state index in [9.17, 15) is 14.4 Å². The number of aliphatic imine (C=N–C) groups is 1. The molecule has 0 bridgehead atoms. The van der Waals surface area contributed by atoms with E-state index in [0.717, 1.165) is 5.56 Å². The summed E-state index contributed by atoms with van der Waals surface area (Å²) >= 11 is 1.21. The van der Waals surface area contributed by atoms with Crippen LogP contribution in [-0.4, -0.2) is 53.1 Å². The average molecular weight is 576 g/mol. The lowest BCUT2D eigenvalue weighted by Gasteiger charge is -2.32. The molecule has 0 saturated carbocycles. The van der Waals surface area contributed by atoms with Gasteiger partial charge in [-0.1, -0.05) is 17.8 Å². The van der Waals surface area contributed by atoms with Gasteiger partial charge in [0.2, 0.25) is 18.6 Å². The predicted molar refractivity (Wildman–Crippen MR) is 155 cm³/mol. The maximum atomic E-state index is 13.5. The number of thioether (sulfide) groups is 1. The molecule has 1 saturated heterocycles. The summed E-state index contributed by atoms with van der Waals surface area (Å²) < 4.78 is 21.4. The van der Waals surface area contributed by atoms with Gasteiger partial charge in [-0.25, -0.2) is 9.79 Å². The van der Waals surface area contributed by atoms with E-state index in [-0.39, 0.29) is 38.2 Å². The number of nitrogens with zero attached hydrogens (tertiary/aromatic N) is 2. The summed E-state index contributed by atoms with van der Waals surface area (Å²) in [7, 11) is 0. The number of fused-ring (bicyclic) bond motifs is 1. The number of ether oxygens (including phenoxy) is 4. The molecule has 3 aromatic carbocycles. The Bertz CT molecular complexity index is 1460. The zero-order chi connectivity index (χ0) is 28.8. The van der Waals surface area contributed by atoms with Crippen LogP contribution < -0.4 is 19.5 Å². The standard InChI is InChI=1S/C30H29N3O7S/c1-3-37-23-12-10-21(11-13-23)31-28(35)26-16-27(34)33(17-19-5-14-24-25(15-19)40-18-39-24)30(41-26)32-22-8-6-20(7-9-22)29(36)38-4-2/h5-15,26H,3-4,16-18H2,1-2H3,(H,31,35). The number of amides is 2. The molecule has 2 aliphatic rings. The third-order valence-electron chi connectivity index (χ3n) is 6.25. The number of rotatable bonds is 9. The van der Waals surface area contributed by atoms with Crippen molar-refractivity contribution in [2.75, 3.05) is 25.3 Å². The number of benzene rings is 3. The van der Waals surface area contributed by atoms with Gasteiger partial charge in [-0.15, -0.1) is 0 Å². The molecule has 1 N–H and O–H groups in total. The van der Waals surface area contributed by atoms with Crippen molar-refractivity contribution in [2.24, 2.45) is 4.99 Å². The fourth-order valence-corrected chi connectivity index (χ4v) is 5.34. The van der Waals surface area contributed by atoms with Gasteiger partial charge >= 0.3 is 5.97 Å². The summed E-state index contributed by atoms with van der Waals surface area (Å²) in [6.07, 6.45) is -0.00109. The van der Waals surface area contributed by atoms with Crippen LogP contribution >= 0.6 is 11.8 Å². The minimum absolute atomic E-state index is 0.00109. The van der Waals surface area contributed by atoms with Crippen molar-refractivity contribution in [1.29, 1.82) is 0 Å². The molecule has 5 rings (SSSR count). The first-order chi connectivity index (χ1) is 19.9. The van der Waals surface area contributed by atoms with Crippen molar-refractivity contribution >= 4 is 46.1 Å². The first-order valence-corrected chi connectivity index (χ1v) is 14.1. The summed E-state index contributed by atoms with van der Waals surface area (Å²) in [5.74, 6) is 0.991. The Labute approximate surface area is 241 Å². The molecular formula is C30H29N3O7S. The molecule has 0 radical (unpaired) electrons. The molecule has 1 atom stereocenters. The lowest BCUT2D eigenvalue weighted by molar-refractivity contribution is -0.129. The monoisotopic (exact) mass is 575 g/mol. The molecule has 2 amide bonds. The summed E-state index contributed by atoms with van der Waals surface area (Å²) in [4.78, 5) is 45.0. The van der Waals surface area contributed by atoms with Crippen molar-refractivity contribution < 1.29 is 33.3 Å². The van der Waals surface area contributed by atoms with Crippen LogP contribution in [-0.2, 0) is 20.9 Å². The minimum atomic E-state index is -0.695. The Morgan fingerprint density at radius 3 is 2.49 bits per heavy atom. The second kappa shape index (κ2) is 12.8. The van der Waals surface area contributed by atoms with Crippen LogP contribution in [0.3, 0.4) is 0 Å². The summed E-state index contributed by atoms with van der Waals surface area (Å²) in [5.41, 5.74) is 2.35. The highest BCUT2D eigenvalue weighted by molar-refractivity contribution is 8.15. The molecule has 2 heterocycles. The number of carbonyl (C=O) groups excluding carboxylic acids is 3. The smallest absolute Gasteiger partial charge is 0.338 e. The SMILES string of the molecule is CCOC(=O)c1ccc(N=C2SC(C(=O)Nc3ccc(OCC)cc3)CC(=O)N2Cc2ccc3c(c2)OCO3)cc1. The number of amidine groups is 1. The molecule has 41 heavy (non-hydrogen) atoms. The Kier molecular flexibility index (Phi) is 8.73. The summed E-state index contributed by atoms with van der Waals surface area (Å²) in [5, 5.41) is 2.56. The first kappa shape index (κ1) is 28.0. The zero-order valence-corrected chi connectivity index (χ0v) is 23.4. The van der Waals surface area contributed by atoms with Crippen molar-refractivity contribution in [3.05, 3.63) is 77.9 Å². The summed E-state index contributed by atoms with van der Waals surface area (Å²) in [6.45, 7) is 4.84. The number of anilines is 1. The van der Waals surface area contributed by atoms with Crippen LogP contribution in [0.15, 0.2) is 71.7 Å². The third kappa shape index (κ3) is 6.80. The van der Waals surface area contributed by atoms with E-state index in [2.05, 4.69) is 5.32 Å². The number of carbonyl (C=O) groups is 3. The third-order valence-corrected chi connectivity index (χ3v) is 7.43. The van der Waals surface area contributed by atoms with E-state index in [4.69, 9.17) is 23.9 Å². The van der Waals surface area contributed by atoms with Crippen LogP contribution in [0.5, 0.6) is 17.2 Å². The fourth-order valence-electron chi connectivity index (χ4n) is 4.24. The van der Waals surface area contributed by atoms with E-state index in [1.165, 1.54) is 11.8 Å². The second-order valence-electron chi connectivity index (χ2n) is 9.09. The van der Waals surface area contributed by atoms with Crippen molar-refractivity contribution in [3.63, 3.8) is 0 Å². The second-order valence-corrected chi connectivity index (χ2v) is 10.3. The Morgan fingerprint density at radius 2 is 1.76 bits per heavy atom. The number of esters is 1. The minimum Gasteiger partial charge on any atom is -0.494 e. The molecule has 1 fully saturated rings.